The van der Waals surface area contributed by atoms with E-state index in [9.17, 15) is 4.79 Å². The van der Waals surface area contributed by atoms with Crippen LogP contribution in [0.3, 0.4) is 0 Å². The Morgan fingerprint density at radius 1 is 1.38 bits per heavy atom. The molecule has 7 nitrogen and oxygen atoms in total. The summed E-state index contributed by atoms with van der Waals surface area (Å²) in [5.41, 5.74) is 0.953. The SMILES string of the molecule is CCNC(=NCc1cc(C(C)C)no1)NCCC(CC)N1CCCC1=O. The van der Waals surface area contributed by atoms with Crippen LogP contribution in [0.2, 0.25) is 0 Å². The molecule has 1 atom stereocenters. The van der Waals surface area contributed by atoms with E-state index in [1.807, 2.05) is 17.9 Å². The largest absolute Gasteiger partial charge is 0.359 e. The molecule has 1 aliphatic rings. The van der Waals surface area contributed by atoms with Gasteiger partial charge in [-0.05, 0) is 32.1 Å². The third-order valence-corrected chi connectivity index (χ3v) is 4.70. The van der Waals surface area contributed by atoms with Crippen LogP contribution in [-0.2, 0) is 11.3 Å². The van der Waals surface area contributed by atoms with Crippen LogP contribution in [0.4, 0.5) is 0 Å². The standard InChI is InChI=1S/C19H33N5O2/c1-5-15(24-11-7-8-18(24)25)9-10-21-19(20-6-2)22-13-16-12-17(14(3)4)23-26-16/h12,14-15H,5-11,13H2,1-4H3,(H2,20,21,22). The van der Waals surface area contributed by atoms with Crippen LogP contribution in [0.25, 0.3) is 0 Å². The van der Waals surface area contributed by atoms with Crippen molar-refractivity contribution in [1.29, 1.82) is 0 Å². The molecule has 26 heavy (non-hydrogen) atoms. The van der Waals surface area contributed by atoms with E-state index in [1.165, 1.54) is 0 Å². The number of nitrogens with one attached hydrogen (secondary N) is 2. The number of rotatable bonds is 9. The van der Waals surface area contributed by atoms with E-state index in [1.54, 1.807) is 0 Å². The molecule has 146 valence electrons. The normalized spacial score (nSPS) is 16.4. The molecule has 2 heterocycles. The molecular formula is C19H33N5O2. The predicted molar refractivity (Wildman–Crippen MR) is 103 cm³/mol. The van der Waals surface area contributed by atoms with E-state index in [-0.39, 0.29) is 0 Å². The molecule has 1 aromatic heterocycles. The fraction of sp³-hybridized carbons (Fsp3) is 0.737. The summed E-state index contributed by atoms with van der Waals surface area (Å²) in [5.74, 6) is 2.17. The first kappa shape index (κ1) is 20.3. The summed E-state index contributed by atoms with van der Waals surface area (Å²) in [7, 11) is 0. The second kappa shape index (κ2) is 10.2. The fourth-order valence-corrected chi connectivity index (χ4v) is 3.17. The predicted octanol–water partition coefficient (Wildman–Crippen LogP) is 2.64. The van der Waals surface area contributed by atoms with Crippen LogP contribution in [0.5, 0.6) is 0 Å². The maximum atomic E-state index is 11.9. The van der Waals surface area contributed by atoms with Gasteiger partial charge in [-0.3, -0.25) is 4.79 Å². The lowest BCUT2D eigenvalue weighted by molar-refractivity contribution is -0.129. The van der Waals surface area contributed by atoms with E-state index in [0.717, 1.165) is 56.3 Å². The molecule has 1 aliphatic heterocycles. The number of carbonyl (C=O) groups is 1. The van der Waals surface area contributed by atoms with Crippen molar-refractivity contribution in [3.63, 3.8) is 0 Å². The molecule has 0 bridgehead atoms. The number of aromatic nitrogens is 1. The molecule has 1 fully saturated rings. The fourth-order valence-electron chi connectivity index (χ4n) is 3.17. The molecule has 1 saturated heterocycles. The van der Waals surface area contributed by atoms with Crippen LogP contribution >= 0.6 is 0 Å². The van der Waals surface area contributed by atoms with Crippen LogP contribution in [0.1, 0.15) is 70.8 Å². The van der Waals surface area contributed by atoms with E-state index < -0.39 is 0 Å². The summed E-state index contributed by atoms with van der Waals surface area (Å²) in [4.78, 5) is 18.5. The van der Waals surface area contributed by atoms with Gasteiger partial charge in [0.2, 0.25) is 5.91 Å². The van der Waals surface area contributed by atoms with Gasteiger partial charge >= 0.3 is 0 Å². The van der Waals surface area contributed by atoms with Crippen LogP contribution in [0.15, 0.2) is 15.6 Å². The summed E-state index contributed by atoms with van der Waals surface area (Å²) in [6.07, 6.45) is 3.59. The van der Waals surface area contributed by atoms with Crippen molar-refractivity contribution in [3.05, 3.63) is 17.5 Å². The summed E-state index contributed by atoms with van der Waals surface area (Å²) >= 11 is 0. The number of hydrogen-bond donors (Lipinski definition) is 2. The lowest BCUT2D eigenvalue weighted by atomic mass is 10.1. The summed E-state index contributed by atoms with van der Waals surface area (Å²) in [5, 5.41) is 10.7. The first-order chi connectivity index (χ1) is 12.5. The van der Waals surface area contributed by atoms with Gasteiger partial charge in [-0.1, -0.05) is 25.9 Å². The highest BCUT2D eigenvalue weighted by Crippen LogP contribution is 2.17. The Morgan fingerprint density at radius 2 is 2.19 bits per heavy atom. The highest BCUT2D eigenvalue weighted by Gasteiger charge is 2.26. The topological polar surface area (TPSA) is 82.8 Å². The Morgan fingerprint density at radius 3 is 2.77 bits per heavy atom. The molecule has 0 saturated carbocycles. The number of aliphatic imine (C=N–C) groups is 1. The molecule has 2 rings (SSSR count). The zero-order valence-electron chi connectivity index (χ0n) is 16.5. The number of nitrogens with zero attached hydrogens (tertiary/aromatic N) is 3. The monoisotopic (exact) mass is 363 g/mol. The van der Waals surface area contributed by atoms with Crippen molar-refractivity contribution in [1.82, 2.24) is 20.7 Å². The van der Waals surface area contributed by atoms with Gasteiger partial charge in [-0.2, -0.15) is 0 Å². The van der Waals surface area contributed by atoms with Crippen molar-refractivity contribution < 1.29 is 9.32 Å². The number of guanidine groups is 1. The van der Waals surface area contributed by atoms with Crippen LogP contribution in [-0.4, -0.2) is 47.6 Å². The smallest absolute Gasteiger partial charge is 0.222 e. The third kappa shape index (κ3) is 5.75. The molecule has 0 aliphatic carbocycles. The molecule has 2 N–H and O–H groups in total. The Bertz CT molecular complexity index is 597. The highest BCUT2D eigenvalue weighted by molar-refractivity contribution is 5.80. The van der Waals surface area contributed by atoms with Crippen molar-refractivity contribution >= 4 is 11.9 Å². The average molecular weight is 364 g/mol. The van der Waals surface area contributed by atoms with Gasteiger partial charge in [0.1, 0.15) is 6.54 Å². The molecule has 0 radical (unpaired) electrons. The van der Waals surface area contributed by atoms with Crippen molar-refractivity contribution in [3.8, 4) is 0 Å². The summed E-state index contributed by atoms with van der Waals surface area (Å²) < 4.78 is 5.34. The Balaban J connectivity index is 1.85. The van der Waals surface area contributed by atoms with Crippen molar-refractivity contribution in [2.45, 2.75) is 71.9 Å². The van der Waals surface area contributed by atoms with Gasteiger partial charge in [-0.15, -0.1) is 0 Å². The Hall–Kier alpha value is -2.05. The van der Waals surface area contributed by atoms with Crippen molar-refractivity contribution in [2.24, 2.45) is 4.99 Å². The second-order valence-electron chi connectivity index (χ2n) is 7.04. The average Bonchev–Trinajstić information content (AvgIpc) is 3.26. The zero-order valence-corrected chi connectivity index (χ0v) is 16.5. The summed E-state index contributed by atoms with van der Waals surface area (Å²) in [6.45, 7) is 11.3. The molecule has 1 aromatic rings. The maximum Gasteiger partial charge on any atom is 0.222 e. The van der Waals surface area contributed by atoms with E-state index in [0.29, 0.717) is 30.8 Å². The molecule has 0 spiro atoms. The Kier molecular flexibility index (Phi) is 7.94. The van der Waals surface area contributed by atoms with E-state index >= 15 is 0 Å². The van der Waals surface area contributed by atoms with Gasteiger partial charge < -0.3 is 20.1 Å². The minimum atomic E-state index is 0.295. The van der Waals surface area contributed by atoms with E-state index in [2.05, 4.69) is 41.6 Å². The molecule has 0 aromatic carbocycles. The first-order valence-electron chi connectivity index (χ1n) is 9.82. The molecule has 1 unspecified atom stereocenters. The van der Waals surface area contributed by atoms with E-state index in [4.69, 9.17) is 4.52 Å². The molecular weight excluding hydrogens is 330 g/mol. The van der Waals surface area contributed by atoms with Gasteiger partial charge in [0.15, 0.2) is 11.7 Å². The molecule has 7 heteroatoms. The minimum absolute atomic E-state index is 0.295. The van der Waals surface area contributed by atoms with Gasteiger partial charge in [-0.25, -0.2) is 4.99 Å². The van der Waals surface area contributed by atoms with Crippen LogP contribution < -0.4 is 10.6 Å². The number of likely N-dealkylation sites (tertiary alicyclic amines) is 1. The number of hydrogen-bond acceptors (Lipinski definition) is 4. The number of amides is 1. The third-order valence-electron chi connectivity index (χ3n) is 4.70. The van der Waals surface area contributed by atoms with Crippen molar-refractivity contribution in [2.75, 3.05) is 19.6 Å². The minimum Gasteiger partial charge on any atom is -0.359 e. The lowest BCUT2D eigenvalue weighted by Crippen LogP contribution is -2.42. The van der Waals surface area contributed by atoms with Gasteiger partial charge in [0, 0.05) is 38.2 Å². The van der Waals surface area contributed by atoms with Crippen LogP contribution in [0, 0.1) is 0 Å². The van der Waals surface area contributed by atoms with Gasteiger partial charge in [0.25, 0.3) is 0 Å². The number of carbonyl (C=O) groups excluding carboxylic acids is 1. The summed E-state index contributed by atoms with van der Waals surface area (Å²) in [6, 6.07) is 2.27. The zero-order chi connectivity index (χ0) is 18.9. The lowest BCUT2D eigenvalue weighted by Gasteiger charge is -2.27. The molecule has 1 amide bonds. The second-order valence-corrected chi connectivity index (χ2v) is 7.04. The quantitative estimate of drug-likeness (QED) is 0.521. The first-order valence-corrected chi connectivity index (χ1v) is 9.82. The Labute approximate surface area is 156 Å². The van der Waals surface area contributed by atoms with Gasteiger partial charge in [0.05, 0.1) is 5.69 Å². The maximum absolute atomic E-state index is 11.9. The highest BCUT2D eigenvalue weighted by atomic mass is 16.5.